The van der Waals surface area contributed by atoms with Gasteiger partial charge in [-0.15, -0.1) is 0 Å². The van der Waals surface area contributed by atoms with Gasteiger partial charge in [-0.1, -0.05) is 72.8 Å². The van der Waals surface area contributed by atoms with E-state index >= 15 is 0 Å². The normalized spacial score (nSPS) is 10.2. The lowest BCUT2D eigenvalue weighted by Gasteiger charge is -1.92. The molecule has 0 aliphatic rings. The highest BCUT2D eigenvalue weighted by atomic mass is 19.4. The minimum atomic E-state index is -3.67. The number of rotatable bonds is 2. The van der Waals surface area contributed by atoms with E-state index in [0.29, 0.717) is 0 Å². The van der Waals surface area contributed by atoms with Gasteiger partial charge >= 0.3 is 6.68 Å². The number of hydrogen-bond acceptors (Lipinski definition) is 0. The Morgan fingerprint density at radius 2 is 0.889 bits per heavy atom. The molecule has 0 nitrogen and oxygen atoms in total. The van der Waals surface area contributed by atoms with Crippen LogP contribution in [0.4, 0.5) is 13.2 Å². The Bertz CT molecular complexity index is 405. The summed E-state index contributed by atoms with van der Waals surface area (Å²) in [6, 6.07) is 20.6. The summed E-state index contributed by atoms with van der Waals surface area (Å²) in [5.74, 6) is 0. The van der Waals surface area contributed by atoms with Gasteiger partial charge in [0.15, 0.2) is 0 Å². The zero-order valence-electron chi connectivity index (χ0n) is 9.64. The van der Waals surface area contributed by atoms with E-state index in [2.05, 4.69) is 36.4 Å². The van der Waals surface area contributed by atoms with Crippen molar-refractivity contribution in [3.63, 3.8) is 0 Å². The van der Waals surface area contributed by atoms with Crippen LogP contribution >= 0.6 is 0 Å². The van der Waals surface area contributed by atoms with Crippen LogP contribution in [0.2, 0.25) is 0 Å². The molecule has 0 fully saturated rings. The van der Waals surface area contributed by atoms with Gasteiger partial charge in [-0.3, -0.25) is 0 Å². The van der Waals surface area contributed by atoms with Gasteiger partial charge in [0, 0.05) is 0 Å². The summed E-state index contributed by atoms with van der Waals surface area (Å²) in [5.41, 5.74) is 2.47. The Kier molecular flexibility index (Phi) is 6.33. The maximum atomic E-state index is 9.67. The molecule has 0 aliphatic carbocycles. The van der Waals surface area contributed by atoms with Gasteiger partial charge < -0.3 is 0 Å². The SMILES string of the molecule is C(=Cc1ccccc1)c1ccccc1.FC(F)F. The van der Waals surface area contributed by atoms with Crippen LogP contribution in [0.3, 0.4) is 0 Å². The molecule has 2 aromatic carbocycles. The summed E-state index contributed by atoms with van der Waals surface area (Å²) in [5, 5.41) is 0. The molecule has 0 bridgehead atoms. The Balaban J connectivity index is 0.000000357. The highest BCUT2D eigenvalue weighted by molar-refractivity contribution is 5.69. The van der Waals surface area contributed by atoms with E-state index in [9.17, 15) is 13.2 Å². The second kappa shape index (κ2) is 8.12. The Labute approximate surface area is 104 Å². The first-order valence-corrected chi connectivity index (χ1v) is 5.39. The molecule has 2 rings (SSSR count). The first-order valence-electron chi connectivity index (χ1n) is 5.39. The number of benzene rings is 2. The second-order valence-electron chi connectivity index (χ2n) is 3.40. The van der Waals surface area contributed by atoms with E-state index in [1.165, 1.54) is 11.1 Å². The average Bonchev–Trinajstić information content (AvgIpc) is 2.38. The molecule has 0 saturated heterocycles. The van der Waals surface area contributed by atoms with Crippen molar-refractivity contribution in [2.75, 3.05) is 0 Å². The van der Waals surface area contributed by atoms with Crippen LogP contribution in [0.5, 0.6) is 0 Å². The van der Waals surface area contributed by atoms with Crippen LogP contribution in [0.1, 0.15) is 11.1 Å². The fourth-order valence-corrected chi connectivity index (χ4v) is 1.32. The zero-order valence-corrected chi connectivity index (χ0v) is 9.64. The van der Waals surface area contributed by atoms with Crippen molar-refractivity contribution in [3.8, 4) is 0 Å². The molecule has 94 valence electrons. The van der Waals surface area contributed by atoms with Crippen LogP contribution in [-0.2, 0) is 0 Å². The molecule has 0 amide bonds. The first kappa shape index (κ1) is 14.0. The third-order valence-electron chi connectivity index (χ3n) is 2.07. The molecular weight excluding hydrogens is 237 g/mol. The van der Waals surface area contributed by atoms with Crippen molar-refractivity contribution >= 4 is 12.2 Å². The van der Waals surface area contributed by atoms with Gasteiger partial charge in [0.2, 0.25) is 0 Å². The number of hydrogen-bond donors (Lipinski definition) is 0. The molecule has 0 N–H and O–H groups in total. The molecule has 18 heavy (non-hydrogen) atoms. The molecule has 0 radical (unpaired) electrons. The third kappa shape index (κ3) is 6.53. The average molecular weight is 250 g/mol. The van der Waals surface area contributed by atoms with Crippen LogP contribution in [0.15, 0.2) is 60.7 Å². The van der Waals surface area contributed by atoms with Crippen molar-refractivity contribution < 1.29 is 13.2 Å². The molecule has 0 aromatic heterocycles. The van der Waals surface area contributed by atoms with Crippen molar-refractivity contribution in [2.45, 2.75) is 6.68 Å². The highest BCUT2D eigenvalue weighted by Gasteiger charge is 1.86. The minimum absolute atomic E-state index is 1.23. The fourth-order valence-electron chi connectivity index (χ4n) is 1.32. The van der Waals surface area contributed by atoms with Crippen LogP contribution in [-0.4, -0.2) is 6.68 Å². The molecule has 3 heteroatoms. The molecule has 0 saturated carbocycles. The maximum absolute atomic E-state index is 9.67. The quantitative estimate of drug-likeness (QED) is 0.655. The van der Waals surface area contributed by atoms with E-state index in [0.717, 1.165) is 0 Å². The number of alkyl halides is 3. The molecule has 0 heterocycles. The van der Waals surface area contributed by atoms with Crippen molar-refractivity contribution in [2.24, 2.45) is 0 Å². The van der Waals surface area contributed by atoms with Gasteiger partial charge in [0.05, 0.1) is 0 Å². The summed E-state index contributed by atoms with van der Waals surface area (Å²) >= 11 is 0. The summed E-state index contributed by atoms with van der Waals surface area (Å²) in [6.45, 7) is -3.67. The summed E-state index contributed by atoms with van der Waals surface area (Å²) in [7, 11) is 0. The van der Waals surface area contributed by atoms with Crippen LogP contribution in [0, 0.1) is 0 Å². The third-order valence-corrected chi connectivity index (χ3v) is 2.07. The summed E-state index contributed by atoms with van der Waals surface area (Å²) in [6.07, 6.45) is 4.24. The Morgan fingerprint density at radius 1 is 0.611 bits per heavy atom. The number of halogens is 3. The predicted octanol–water partition coefficient (Wildman–Crippen LogP) is 5.04. The van der Waals surface area contributed by atoms with E-state index < -0.39 is 6.68 Å². The first-order chi connectivity index (χ1) is 8.68. The van der Waals surface area contributed by atoms with Crippen LogP contribution in [0.25, 0.3) is 12.2 Å². The highest BCUT2D eigenvalue weighted by Crippen LogP contribution is 2.06. The summed E-state index contributed by atoms with van der Waals surface area (Å²) in [4.78, 5) is 0. The Morgan fingerprint density at radius 3 is 1.17 bits per heavy atom. The molecule has 0 spiro atoms. The van der Waals surface area contributed by atoms with Gasteiger partial charge in [0.1, 0.15) is 0 Å². The molecular formula is C15H13F3. The topological polar surface area (TPSA) is 0 Å². The van der Waals surface area contributed by atoms with E-state index in [-0.39, 0.29) is 0 Å². The lowest BCUT2D eigenvalue weighted by molar-refractivity contribution is 0.00819. The smallest absolute Gasteiger partial charge is 0.174 e. The van der Waals surface area contributed by atoms with Gasteiger partial charge in [-0.2, -0.15) is 13.2 Å². The largest absolute Gasteiger partial charge is 0.379 e. The summed E-state index contributed by atoms with van der Waals surface area (Å²) < 4.78 is 29.0. The van der Waals surface area contributed by atoms with Crippen molar-refractivity contribution in [3.05, 3.63) is 71.8 Å². The molecule has 0 atom stereocenters. The van der Waals surface area contributed by atoms with Crippen molar-refractivity contribution in [1.82, 2.24) is 0 Å². The molecule has 0 unspecified atom stereocenters. The standard InChI is InChI=1S/C14H12.CHF3/c1-3-7-13(8-4-1)11-12-14-9-5-2-6-10-14;2-1(3)4/h1-12H;1H. The molecule has 0 aliphatic heterocycles. The fraction of sp³-hybridized carbons (Fsp3) is 0.0667. The van der Waals surface area contributed by atoms with Gasteiger partial charge in [-0.25, -0.2) is 0 Å². The van der Waals surface area contributed by atoms with Gasteiger partial charge in [-0.05, 0) is 11.1 Å². The minimum Gasteiger partial charge on any atom is -0.174 e. The zero-order chi connectivity index (χ0) is 13.2. The second-order valence-corrected chi connectivity index (χ2v) is 3.40. The van der Waals surface area contributed by atoms with Crippen molar-refractivity contribution in [1.29, 1.82) is 0 Å². The van der Waals surface area contributed by atoms with Crippen LogP contribution < -0.4 is 0 Å². The van der Waals surface area contributed by atoms with E-state index in [4.69, 9.17) is 0 Å². The van der Waals surface area contributed by atoms with E-state index in [1.807, 2.05) is 36.4 Å². The van der Waals surface area contributed by atoms with E-state index in [1.54, 1.807) is 0 Å². The van der Waals surface area contributed by atoms with Gasteiger partial charge in [0.25, 0.3) is 0 Å². The monoisotopic (exact) mass is 250 g/mol. The Hall–Kier alpha value is -2.03. The molecule has 2 aromatic rings. The predicted molar refractivity (Wildman–Crippen MR) is 68.9 cm³/mol. The maximum Gasteiger partial charge on any atom is 0.379 e. The lowest BCUT2D eigenvalue weighted by Crippen LogP contribution is -1.70. The lowest BCUT2D eigenvalue weighted by atomic mass is 10.1.